The summed E-state index contributed by atoms with van der Waals surface area (Å²) in [5.41, 5.74) is 3.27. The van der Waals surface area contributed by atoms with Gasteiger partial charge in [0, 0.05) is 43.3 Å². The van der Waals surface area contributed by atoms with Crippen molar-refractivity contribution in [2.45, 2.75) is 32.0 Å². The number of carbonyl (C=O) groups excluding carboxylic acids is 2. The van der Waals surface area contributed by atoms with E-state index in [4.69, 9.17) is 4.74 Å². The van der Waals surface area contributed by atoms with Gasteiger partial charge in [-0.2, -0.15) is 0 Å². The third kappa shape index (κ3) is 5.12. The zero-order valence-corrected chi connectivity index (χ0v) is 16.6. The molecular formula is C23H24N4O3. The van der Waals surface area contributed by atoms with Crippen LogP contribution in [0.5, 0.6) is 0 Å². The molecule has 30 heavy (non-hydrogen) atoms. The number of carbonyl (C=O) groups is 2. The SMILES string of the molecule is O=C(NCc1ccc(Cn2ccnc2)cc1)c1cccc(NC(=O)[C@H]2CCCO2)c1. The molecule has 0 radical (unpaired) electrons. The third-order valence-electron chi connectivity index (χ3n) is 5.01. The van der Waals surface area contributed by atoms with Crippen LogP contribution in [0, 0.1) is 0 Å². The van der Waals surface area contributed by atoms with Gasteiger partial charge in [0.15, 0.2) is 0 Å². The summed E-state index contributed by atoms with van der Waals surface area (Å²) in [5, 5.41) is 5.75. The monoisotopic (exact) mass is 404 g/mol. The highest BCUT2D eigenvalue weighted by Gasteiger charge is 2.23. The lowest BCUT2D eigenvalue weighted by atomic mass is 10.1. The molecule has 0 unspecified atom stereocenters. The third-order valence-corrected chi connectivity index (χ3v) is 5.01. The molecule has 4 rings (SSSR count). The summed E-state index contributed by atoms with van der Waals surface area (Å²) >= 11 is 0. The van der Waals surface area contributed by atoms with E-state index in [0.717, 1.165) is 30.5 Å². The second-order valence-corrected chi connectivity index (χ2v) is 7.31. The number of aromatic nitrogens is 2. The number of hydrogen-bond acceptors (Lipinski definition) is 4. The van der Waals surface area contributed by atoms with Gasteiger partial charge in [-0.15, -0.1) is 0 Å². The first-order valence-electron chi connectivity index (χ1n) is 10.0. The number of benzene rings is 2. The van der Waals surface area contributed by atoms with Crippen LogP contribution in [0.4, 0.5) is 5.69 Å². The van der Waals surface area contributed by atoms with Gasteiger partial charge in [-0.3, -0.25) is 9.59 Å². The predicted molar refractivity (Wildman–Crippen MR) is 113 cm³/mol. The van der Waals surface area contributed by atoms with Crippen molar-refractivity contribution in [3.8, 4) is 0 Å². The van der Waals surface area contributed by atoms with E-state index in [1.165, 1.54) is 0 Å². The molecule has 2 N–H and O–H groups in total. The molecule has 0 aliphatic carbocycles. The minimum Gasteiger partial charge on any atom is -0.368 e. The van der Waals surface area contributed by atoms with Crippen molar-refractivity contribution in [3.63, 3.8) is 0 Å². The van der Waals surface area contributed by atoms with E-state index >= 15 is 0 Å². The largest absolute Gasteiger partial charge is 0.368 e. The first-order chi connectivity index (χ1) is 14.7. The van der Waals surface area contributed by atoms with Gasteiger partial charge in [-0.25, -0.2) is 4.98 Å². The maximum atomic E-state index is 12.5. The molecule has 154 valence electrons. The number of anilines is 1. The highest BCUT2D eigenvalue weighted by molar-refractivity contribution is 5.98. The van der Waals surface area contributed by atoms with Crippen LogP contribution in [0.1, 0.15) is 34.3 Å². The fourth-order valence-corrected chi connectivity index (χ4v) is 3.38. The summed E-state index contributed by atoms with van der Waals surface area (Å²) < 4.78 is 7.40. The van der Waals surface area contributed by atoms with Crippen LogP contribution in [-0.4, -0.2) is 34.1 Å². The first kappa shape index (κ1) is 19.8. The molecule has 0 bridgehead atoms. The molecule has 7 heteroatoms. The van der Waals surface area contributed by atoms with E-state index in [2.05, 4.69) is 15.6 Å². The fraction of sp³-hybridized carbons (Fsp3) is 0.261. The van der Waals surface area contributed by atoms with Gasteiger partial charge in [0.05, 0.1) is 6.33 Å². The summed E-state index contributed by atoms with van der Waals surface area (Å²) in [7, 11) is 0. The van der Waals surface area contributed by atoms with Crippen molar-refractivity contribution in [2.24, 2.45) is 0 Å². The average molecular weight is 404 g/mol. The molecule has 3 aromatic rings. The number of imidazole rings is 1. The summed E-state index contributed by atoms with van der Waals surface area (Å²) in [6, 6.07) is 15.0. The van der Waals surface area contributed by atoms with E-state index in [-0.39, 0.29) is 11.8 Å². The van der Waals surface area contributed by atoms with Gasteiger partial charge < -0.3 is 19.9 Å². The smallest absolute Gasteiger partial charge is 0.253 e. The van der Waals surface area contributed by atoms with Crippen LogP contribution >= 0.6 is 0 Å². The van der Waals surface area contributed by atoms with Gasteiger partial charge in [-0.1, -0.05) is 30.3 Å². The molecule has 1 aliphatic rings. The van der Waals surface area contributed by atoms with Crippen LogP contribution in [0.25, 0.3) is 0 Å². The quantitative estimate of drug-likeness (QED) is 0.634. The minimum atomic E-state index is -0.403. The predicted octanol–water partition coefficient (Wildman–Crippen LogP) is 2.98. The second kappa shape index (κ2) is 9.37. The lowest BCUT2D eigenvalue weighted by Gasteiger charge is -2.12. The topological polar surface area (TPSA) is 85.3 Å². The van der Waals surface area contributed by atoms with Crippen LogP contribution in [0.3, 0.4) is 0 Å². The number of hydrogen-bond donors (Lipinski definition) is 2. The van der Waals surface area contributed by atoms with Gasteiger partial charge in [0.25, 0.3) is 11.8 Å². The van der Waals surface area contributed by atoms with Crippen LogP contribution in [0.2, 0.25) is 0 Å². The normalized spacial score (nSPS) is 15.7. The number of amides is 2. The van der Waals surface area contributed by atoms with Gasteiger partial charge >= 0.3 is 0 Å². The molecule has 1 fully saturated rings. The number of ether oxygens (including phenoxy) is 1. The molecule has 2 amide bonds. The number of nitrogens with zero attached hydrogens (tertiary/aromatic N) is 2. The Balaban J connectivity index is 1.31. The Hall–Kier alpha value is -3.45. The van der Waals surface area contributed by atoms with Crippen molar-refractivity contribution >= 4 is 17.5 Å². The van der Waals surface area contributed by atoms with Gasteiger partial charge in [-0.05, 0) is 42.2 Å². The summed E-state index contributed by atoms with van der Waals surface area (Å²) in [6.45, 7) is 1.80. The molecule has 2 heterocycles. The summed E-state index contributed by atoms with van der Waals surface area (Å²) in [4.78, 5) is 28.8. The van der Waals surface area contributed by atoms with Crippen molar-refractivity contribution in [3.05, 3.63) is 83.9 Å². The Bertz CT molecular complexity index is 994. The van der Waals surface area contributed by atoms with Gasteiger partial charge in [0.1, 0.15) is 6.10 Å². The Kier molecular flexibility index (Phi) is 6.20. The Morgan fingerprint density at radius 2 is 1.97 bits per heavy atom. The molecule has 0 saturated carbocycles. The van der Waals surface area contributed by atoms with Crippen LogP contribution in [0.15, 0.2) is 67.3 Å². The zero-order valence-electron chi connectivity index (χ0n) is 16.6. The Morgan fingerprint density at radius 3 is 2.70 bits per heavy atom. The van der Waals surface area contributed by atoms with E-state index in [9.17, 15) is 9.59 Å². The van der Waals surface area contributed by atoms with Crippen LogP contribution < -0.4 is 10.6 Å². The second-order valence-electron chi connectivity index (χ2n) is 7.31. The van der Waals surface area contributed by atoms with Crippen molar-refractivity contribution in [1.82, 2.24) is 14.9 Å². The van der Waals surface area contributed by atoms with E-state index < -0.39 is 6.10 Å². The molecule has 1 saturated heterocycles. The summed E-state index contributed by atoms with van der Waals surface area (Å²) in [6.07, 6.45) is 6.68. The molecule has 0 spiro atoms. The standard InChI is InChI=1S/C23H24N4O3/c28-22(19-3-1-4-20(13-19)26-23(29)21-5-2-12-30-21)25-14-17-6-8-18(9-7-17)15-27-11-10-24-16-27/h1,3-4,6-11,13,16,21H,2,5,12,14-15H2,(H,25,28)(H,26,29)/t21-/m1/s1. The molecule has 2 aromatic carbocycles. The maximum absolute atomic E-state index is 12.5. The molecule has 1 atom stereocenters. The molecular weight excluding hydrogens is 380 g/mol. The first-order valence-corrected chi connectivity index (χ1v) is 10.0. The minimum absolute atomic E-state index is 0.166. The van der Waals surface area contributed by atoms with Crippen molar-refractivity contribution in [2.75, 3.05) is 11.9 Å². The highest BCUT2D eigenvalue weighted by Crippen LogP contribution is 2.16. The Morgan fingerprint density at radius 1 is 1.13 bits per heavy atom. The number of nitrogens with one attached hydrogen (secondary N) is 2. The zero-order chi connectivity index (χ0) is 20.8. The highest BCUT2D eigenvalue weighted by atomic mass is 16.5. The number of rotatable bonds is 7. The molecule has 1 aliphatic heterocycles. The van der Waals surface area contributed by atoms with E-state index in [0.29, 0.717) is 24.4 Å². The van der Waals surface area contributed by atoms with Gasteiger partial charge in [0.2, 0.25) is 0 Å². The van der Waals surface area contributed by atoms with E-state index in [1.807, 2.05) is 35.0 Å². The molecule has 1 aromatic heterocycles. The summed E-state index contributed by atoms with van der Waals surface area (Å²) in [5.74, 6) is -0.355. The van der Waals surface area contributed by atoms with Crippen LogP contribution in [-0.2, 0) is 22.6 Å². The lowest BCUT2D eigenvalue weighted by molar-refractivity contribution is -0.124. The van der Waals surface area contributed by atoms with E-state index in [1.54, 1.807) is 36.8 Å². The average Bonchev–Trinajstić information content (AvgIpc) is 3.48. The Labute approximate surface area is 175 Å². The lowest BCUT2D eigenvalue weighted by Crippen LogP contribution is -2.27. The molecule has 7 nitrogen and oxygen atoms in total. The fourth-order valence-electron chi connectivity index (χ4n) is 3.38. The van der Waals surface area contributed by atoms with Crippen molar-refractivity contribution < 1.29 is 14.3 Å². The maximum Gasteiger partial charge on any atom is 0.253 e. The van der Waals surface area contributed by atoms with Crippen molar-refractivity contribution in [1.29, 1.82) is 0 Å².